The van der Waals surface area contributed by atoms with Crippen LogP contribution in [0, 0.1) is 0 Å². The Labute approximate surface area is 94.9 Å². The molecule has 3 nitrogen and oxygen atoms in total. The fourth-order valence-electron chi connectivity index (χ4n) is 1.36. The van der Waals surface area contributed by atoms with E-state index < -0.39 is 10.0 Å². The molecular weight excluding hydrogens is 222 g/mol. The van der Waals surface area contributed by atoms with Crippen molar-refractivity contribution in [3.05, 3.63) is 54.6 Å². The van der Waals surface area contributed by atoms with Gasteiger partial charge in [-0.1, -0.05) is 30.4 Å². The molecule has 0 heterocycles. The number of rotatable bonds is 2. The lowest BCUT2D eigenvalue weighted by Crippen LogP contribution is -2.01. The van der Waals surface area contributed by atoms with Crippen LogP contribution in [-0.4, -0.2) is 14.1 Å². The maximum absolute atomic E-state index is 11.8. The zero-order chi connectivity index (χ0) is 11.4. The fraction of sp³-hybridized carbons (Fsp3) is 0.0833. The minimum atomic E-state index is -3.57. The standard InChI is InChI=1S/C12H11NO2S/c14-16(15,12-9-5-2-6-10-12)13-11-7-3-1-4-8-11/h2-10H,1H2. The van der Waals surface area contributed by atoms with Crippen molar-refractivity contribution in [3.8, 4) is 0 Å². The highest BCUT2D eigenvalue weighted by Crippen LogP contribution is 2.12. The first kappa shape index (κ1) is 10.8. The molecule has 82 valence electrons. The summed E-state index contributed by atoms with van der Waals surface area (Å²) in [4.78, 5) is 0.217. The Morgan fingerprint density at radius 2 is 1.62 bits per heavy atom. The minimum absolute atomic E-state index is 0.217. The van der Waals surface area contributed by atoms with E-state index in [9.17, 15) is 8.42 Å². The van der Waals surface area contributed by atoms with Crippen LogP contribution in [0.4, 0.5) is 0 Å². The molecule has 0 atom stereocenters. The van der Waals surface area contributed by atoms with Crippen LogP contribution in [0.3, 0.4) is 0 Å². The summed E-state index contributed by atoms with van der Waals surface area (Å²) in [6.07, 6.45) is 7.99. The number of sulfonamides is 1. The van der Waals surface area contributed by atoms with Crippen molar-refractivity contribution in [2.45, 2.75) is 11.3 Å². The smallest absolute Gasteiger partial charge is 0.199 e. The van der Waals surface area contributed by atoms with E-state index in [-0.39, 0.29) is 4.90 Å². The second-order valence-corrected chi connectivity index (χ2v) is 4.95. The molecule has 0 saturated carbocycles. The first-order valence-electron chi connectivity index (χ1n) is 4.91. The van der Waals surface area contributed by atoms with Gasteiger partial charge in [0.05, 0.1) is 10.6 Å². The molecule has 0 aliphatic heterocycles. The predicted octanol–water partition coefficient (Wildman–Crippen LogP) is 2.33. The zero-order valence-corrected chi connectivity index (χ0v) is 9.39. The van der Waals surface area contributed by atoms with Gasteiger partial charge >= 0.3 is 0 Å². The average Bonchev–Trinajstić information content (AvgIpc) is 2.31. The first-order valence-corrected chi connectivity index (χ1v) is 6.35. The van der Waals surface area contributed by atoms with Gasteiger partial charge in [0.1, 0.15) is 0 Å². The van der Waals surface area contributed by atoms with Crippen LogP contribution in [0.2, 0.25) is 0 Å². The minimum Gasteiger partial charge on any atom is -0.199 e. The number of hydrogen-bond acceptors (Lipinski definition) is 2. The van der Waals surface area contributed by atoms with E-state index >= 15 is 0 Å². The van der Waals surface area contributed by atoms with Gasteiger partial charge < -0.3 is 0 Å². The third-order valence-corrected chi connectivity index (χ3v) is 3.44. The molecule has 2 rings (SSSR count). The second-order valence-electron chi connectivity index (χ2n) is 3.34. The normalized spacial score (nSPS) is 15.1. The summed E-state index contributed by atoms with van der Waals surface area (Å²) in [6, 6.07) is 8.21. The van der Waals surface area contributed by atoms with Crippen LogP contribution in [0.5, 0.6) is 0 Å². The van der Waals surface area contributed by atoms with Crippen LogP contribution in [0.25, 0.3) is 0 Å². The molecule has 0 amide bonds. The molecule has 16 heavy (non-hydrogen) atoms. The number of benzene rings is 1. The molecule has 0 unspecified atom stereocenters. The molecule has 1 aliphatic rings. The summed E-state index contributed by atoms with van der Waals surface area (Å²) in [5.41, 5.74) is 0.468. The predicted molar refractivity (Wildman–Crippen MR) is 64.0 cm³/mol. The summed E-state index contributed by atoms with van der Waals surface area (Å²) in [5, 5.41) is 0. The Kier molecular flexibility index (Phi) is 3.01. The lowest BCUT2D eigenvalue weighted by molar-refractivity contribution is 0.598. The van der Waals surface area contributed by atoms with E-state index in [2.05, 4.69) is 4.40 Å². The van der Waals surface area contributed by atoms with Crippen LogP contribution < -0.4 is 0 Å². The summed E-state index contributed by atoms with van der Waals surface area (Å²) in [5.74, 6) is 0. The van der Waals surface area contributed by atoms with Crippen LogP contribution in [0.1, 0.15) is 6.42 Å². The molecule has 0 spiro atoms. The van der Waals surface area contributed by atoms with Crippen molar-refractivity contribution in [2.24, 2.45) is 4.40 Å². The topological polar surface area (TPSA) is 46.5 Å². The Hall–Kier alpha value is -1.68. The van der Waals surface area contributed by atoms with Crippen molar-refractivity contribution in [1.82, 2.24) is 0 Å². The van der Waals surface area contributed by atoms with Crippen molar-refractivity contribution in [3.63, 3.8) is 0 Å². The average molecular weight is 233 g/mol. The van der Waals surface area contributed by atoms with E-state index in [0.717, 1.165) is 6.42 Å². The SMILES string of the molecule is O=S(=O)(N=C1C=CCC=C1)c1ccccc1. The van der Waals surface area contributed by atoms with Crippen molar-refractivity contribution in [1.29, 1.82) is 0 Å². The molecule has 4 heteroatoms. The van der Waals surface area contributed by atoms with E-state index in [1.54, 1.807) is 30.4 Å². The Balaban J connectivity index is 2.38. The van der Waals surface area contributed by atoms with Gasteiger partial charge in [0.15, 0.2) is 0 Å². The maximum atomic E-state index is 11.8. The molecule has 0 radical (unpaired) electrons. The van der Waals surface area contributed by atoms with Gasteiger partial charge in [-0.05, 0) is 30.7 Å². The van der Waals surface area contributed by atoms with E-state index in [0.29, 0.717) is 5.71 Å². The molecule has 1 aliphatic carbocycles. The summed E-state index contributed by atoms with van der Waals surface area (Å²) in [7, 11) is -3.57. The molecule has 1 aromatic carbocycles. The molecule has 0 aromatic heterocycles. The van der Waals surface area contributed by atoms with Crippen LogP contribution in [-0.2, 0) is 10.0 Å². The van der Waals surface area contributed by atoms with Gasteiger partial charge in [-0.2, -0.15) is 12.8 Å². The molecule has 0 fully saturated rings. The first-order chi connectivity index (χ1) is 7.68. The molecule has 0 N–H and O–H groups in total. The number of nitrogens with zero attached hydrogens (tertiary/aromatic N) is 1. The highest BCUT2D eigenvalue weighted by molar-refractivity contribution is 7.90. The number of hydrogen-bond donors (Lipinski definition) is 0. The summed E-state index contributed by atoms with van der Waals surface area (Å²) >= 11 is 0. The van der Waals surface area contributed by atoms with Gasteiger partial charge in [-0.15, -0.1) is 0 Å². The van der Waals surface area contributed by atoms with E-state index in [1.807, 2.05) is 12.2 Å². The van der Waals surface area contributed by atoms with Gasteiger partial charge in [-0.25, -0.2) is 0 Å². The van der Waals surface area contributed by atoms with Crippen LogP contribution in [0.15, 0.2) is 63.9 Å². The quantitative estimate of drug-likeness (QED) is 0.787. The molecule has 1 aromatic rings. The molecule has 0 bridgehead atoms. The lowest BCUT2D eigenvalue weighted by Gasteiger charge is -2.01. The second kappa shape index (κ2) is 4.45. The Morgan fingerprint density at radius 3 is 2.25 bits per heavy atom. The summed E-state index contributed by atoms with van der Waals surface area (Å²) < 4.78 is 27.4. The van der Waals surface area contributed by atoms with E-state index in [4.69, 9.17) is 0 Å². The highest BCUT2D eigenvalue weighted by Gasteiger charge is 2.12. The van der Waals surface area contributed by atoms with Gasteiger partial charge in [0, 0.05) is 0 Å². The third kappa shape index (κ3) is 2.46. The third-order valence-electron chi connectivity index (χ3n) is 2.12. The Morgan fingerprint density at radius 1 is 1.00 bits per heavy atom. The van der Waals surface area contributed by atoms with Gasteiger partial charge in [0.25, 0.3) is 10.0 Å². The highest BCUT2D eigenvalue weighted by atomic mass is 32.2. The Bertz CT molecular complexity index is 540. The van der Waals surface area contributed by atoms with E-state index in [1.165, 1.54) is 12.1 Å². The van der Waals surface area contributed by atoms with Gasteiger partial charge in [-0.3, -0.25) is 0 Å². The maximum Gasteiger partial charge on any atom is 0.282 e. The summed E-state index contributed by atoms with van der Waals surface area (Å²) in [6.45, 7) is 0. The number of allylic oxidation sites excluding steroid dienone is 4. The van der Waals surface area contributed by atoms with Crippen molar-refractivity contribution >= 4 is 15.7 Å². The fourth-order valence-corrected chi connectivity index (χ4v) is 2.36. The molecule has 0 saturated heterocycles. The monoisotopic (exact) mass is 233 g/mol. The zero-order valence-electron chi connectivity index (χ0n) is 8.58. The van der Waals surface area contributed by atoms with Crippen molar-refractivity contribution < 1.29 is 8.42 Å². The van der Waals surface area contributed by atoms with Gasteiger partial charge in [0.2, 0.25) is 0 Å². The van der Waals surface area contributed by atoms with Crippen molar-refractivity contribution in [2.75, 3.05) is 0 Å². The largest absolute Gasteiger partial charge is 0.282 e. The van der Waals surface area contributed by atoms with Crippen LogP contribution >= 0.6 is 0 Å². The molecular formula is C12H11NO2S. The lowest BCUT2D eigenvalue weighted by atomic mass is 10.2.